The summed E-state index contributed by atoms with van der Waals surface area (Å²) in [7, 11) is 2.09. The van der Waals surface area contributed by atoms with Crippen molar-refractivity contribution in [3.8, 4) is 11.3 Å². The summed E-state index contributed by atoms with van der Waals surface area (Å²) in [6.07, 6.45) is 1.02. The van der Waals surface area contributed by atoms with Gasteiger partial charge in [0.1, 0.15) is 5.69 Å². The molecule has 2 heterocycles. The summed E-state index contributed by atoms with van der Waals surface area (Å²) in [5.41, 5.74) is 2.40. The molecule has 5 heteroatoms. The van der Waals surface area contributed by atoms with Crippen LogP contribution in [0.1, 0.15) is 16.9 Å². The molecule has 0 aliphatic carbocycles. The lowest BCUT2D eigenvalue weighted by Gasteiger charge is -2.19. The van der Waals surface area contributed by atoms with Crippen LogP contribution in [0.3, 0.4) is 0 Å². The molecule has 1 amide bonds. The lowest BCUT2D eigenvalue weighted by atomic mass is 10.1. The zero-order valence-electron chi connectivity index (χ0n) is 12.2. The number of H-pyrrole nitrogens is 1. The van der Waals surface area contributed by atoms with Crippen LogP contribution in [0.2, 0.25) is 0 Å². The molecule has 1 aliphatic rings. The highest BCUT2D eigenvalue weighted by atomic mass is 16.2. The van der Waals surface area contributed by atoms with Crippen LogP contribution in [0.5, 0.6) is 0 Å². The first-order valence-corrected chi connectivity index (χ1v) is 7.33. The Morgan fingerprint density at radius 2 is 1.95 bits per heavy atom. The summed E-state index contributed by atoms with van der Waals surface area (Å²) in [5, 5.41) is 7.14. The van der Waals surface area contributed by atoms with Gasteiger partial charge < -0.3 is 9.80 Å². The lowest BCUT2D eigenvalue weighted by molar-refractivity contribution is 0.0757. The topological polar surface area (TPSA) is 52.2 Å². The standard InChI is InChI=1S/C16H20N4O/c1-19-8-5-9-20(11-10-19)16(21)15-12-14(17-18-15)13-6-3-2-4-7-13/h2-4,6-7,12H,5,8-11H2,1H3,(H,17,18). The van der Waals surface area contributed by atoms with Gasteiger partial charge in [0.25, 0.3) is 5.91 Å². The molecule has 1 aliphatic heterocycles. The van der Waals surface area contributed by atoms with Gasteiger partial charge >= 0.3 is 0 Å². The van der Waals surface area contributed by atoms with Gasteiger partial charge in [0.05, 0.1) is 5.69 Å². The van der Waals surface area contributed by atoms with E-state index in [4.69, 9.17) is 0 Å². The first-order valence-electron chi connectivity index (χ1n) is 7.33. The molecule has 1 fully saturated rings. The van der Waals surface area contributed by atoms with Gasteiger partial charge in [-0.2, -0.15) is 5.10 Å². The summed E-state index contributed by atoms with van der Waals surface area (Å²) in [5.74, 6) is 0.0416. The average Bonchev–Trinajstić information content (AvgIpc) is 2.91. The molecule has 0 saturated carbocycles. The molecule has 1 aromatic carbocycles. The number of nitrogens with one attached hydrogen (secondary N) is 1. The number of aromatic nitrogens is 2. The molecule has 110 valence electrons. The van der Waals surface area contributed by atoms with Gasteiger partial charge in [0, 0.05) is 25.2 Å². The number of aromatic amines is 1. The van der Waals surface area contributed by atoms with Crippen LogP contribution >= 0.6 is 0 Å². The van der Waals surface area contributed by atoms with Crippen LogP contribution in [-0.2, 0) is 0 Å². The van der Waals surface area contributed by atoms with Crippen LogP contribution in [0.25, 0.3) is 11.3 Å². The zero-order chi connectivity index (χ0) is 14.7. The maximum absolute atomic E-state index is 12.5. The van der Waals surface area contributed by atoms with E-state index < -0.39 is 0 Å². The largest absolute Gasteiger partial charge is 0.336 e. The highest BCUT2D eigenvalue weighted by Crippen LogP contribution is 2.18. The van der Waals surface area contributed by atoms with Crippen molar-refractivity contribution in [2.24, 2.45) is 0 Å². The van der Waals surface area contributed by atoms with Gasteiger partial charge in [0.2, 0.25) is 0 Å². The monoisotopic (exact) mass is 284 g/mol. The Kier molecular flexibility index (Phi) is 4.01. The molecule has 3 rings (SSSR count). The number of likely N-dealkylation sites (N-methyl/N-ethyl adjacent to an activating group) is 1. The van der Waals surface area contributed by atoms with Crippen molar-refractivity contribution in [2.75, 3.05) is 33.2 Å². The zero-order valence-corrected chi connectivity index (χ0v) is 12.2. The highest BCUT2D eigenvalue weighted by molar-refractivity contribution is 5.93. The van der Waals surface area contributed by atoms with Gasteiger partial charge in [0.15, 0.2) is 0 Å². The third-order valence-corrected chi connectivity index (χ3v) is 3.88. The highest BCUT2D eigenvalue weighted by Gasteiger charge is 2.20. The third kappa shape index (κ3) is 3.13. The number of benzene rings is 1. The fraction of sp³-hybridized carbons (Fsp3) is 0.375. The minimum atomic E-state index is 0.0416. The van der Waals surface area contributed by atoms with Gasteiger partial charge in [-0.3, -0.25) is 9.89 Å². The second kappa shape index (κ2) is 6.10. The van der Waals surface area contributed by atoms with Crippen molar-refractivity contribution < 1.29 is 4.79 Å². The van der Waals surface area contributed by atoms with E-state index in [1.807, 2.05) is 41.3 Å². The van der Waals surface area contributed by atoms with Crippen LogP contribution < -0.4 is 0 Å². The summed E-state index contributed by atoms with van der Waals surface area (Å²) in [6, 6.07) is 11.7. The molecule has 0 bridgehead atoms. The van der Waals surface area contributed by atoms with E-state index in [2.05, 4.69) is 22.1 Å². The molecular weight excluding hydrogens is 264 g/mol. The first-order chi connectivity index (χ1) is 10.2. The molecule has 5 nitrogen and oxygen atoms in total. The number of hydrogen-bond acceptors (Lipinski definition) is 3. The summed E-state index contributed by atoms with van der Waals surface area (Å²) < 4.78 is 0. The van der Waals surface area contributed by atoms with E-state index in [1.165, 1.54) is 0 Å². The van der Waals surface area contributed by atoms with E-state index >= 15 is 0 Å². The fourth-order valence-electron chi connectivity index (χ4n) is 2.61. The fourth-order valence-corrected chi connectivity index (χ4v) is 2.61. The van der Waals surface area contributed by atoms with Crippen LogP contribution in [-0.4, -0.2) is 59.1 Å². The van der Waals surface area contributed by atoms with Crippen molar-refractivity contribution in [2.45, 2.75) is 6.42 Å². The molecule has 1 aromatic heterocycles. The second-order valence-corrected chi connectivity index (χ2v) is 5.48. The van der Waals surface area contributed by atoms with E-state index in [-0.39, 0.29) is 5.91 Å². The Balaban J connectivity index is 1.75. The lowest BCUT2D eigenvalue weighted by Crippen LogP contribution is -2.34. The minimum Gasteiger partial charge on any atom is -0.336 e. The quantitative estimate of drug-likeness (QED) is 0.915. The van der Waals surface area contributed by atoms with Crippen molar-refractivity contribution in [3.63, 3.8) is 0 Å². The molecule has 0 atom stereocenters. The van der Waals surface area contributed by atoms with Crippen LogP contribution in [0.4, 0.5) is 0 Å². The maximum Gasteiger partial charge on any atom is 0.271 e. The van der Waals surface area contributed by atoms with E-state index in [0.29, 0.717) is 5.69 Å². The molecule has 21 heavy (non-hydrogen) atoms. The Morgan fingerprint density at radius 1 is 1.14 bits per heavy atom. The van der Waals surface area contributed by atoms with Gasteiger partial charge in [-0.25, -0.2) is 0 Å². The number of carbonyl (C=O) groups is 1. The molecular formula is C16H20N4O. The van der Waals surface area contributed by atoms with Crippen LogP contribution in [0.15, 0.2) is 36.4 Å². The third-order valence-electron chi connectivity index (χ3n) is 3.88. The van der Waals surface area contributed by atoms with Crippen LogP contribution in [0, 0.1) is 0 Å². The minimum absolute atomic E-state index is 0.0416. The smallest absolute Gasteiger partial charge is 0.271 e. The Bertz CT molecular complexity index is 608. The van der Waals surface area contributed by atoms with Crippen molar-refractivity contribution >= 4 is 5.91 Å². The molecule has 0 radical (unpaired) electrons. The average molecular weight is 284 g/mol. The van der Waals surface area contributed by atoms with Crippen molar-refractivity contribution in [1.82, 2.24) is 20.0 Å². The molecule has 0 spiro atoms. The van der Waals surface area contributed by atoms with E-state index in [9.17, 15) is 4.79 Å². The number of carbonyl (C=O) groups excluding carboxylic acids is 1. The molecule has 1 saturated heterocycles. The van der Waals surface area contributed by atoms with Crippen molar-refractivity contribution in [3.05, 3.63) is 42.1 Å². The van der Waals surface area contributed by atoms with Gasteiger partial charge in [-0.15, -0.1) is 0 Å². The van der Waals surface area contributed by atoms with Gasteiger partial charge in [-0.05, 0) is 26.1 Å². The second-order valence-electron chi connectivity index (χ2n) is 5.48. The van der Waals surface area contributed by atoms with Crippen molar-refractivity contribution in [1.29, 1.82) is 0 Å². The maximum atomic E-state index is 12.5. The number of hydrogen-bond donors (Lipinski definition) is 1. The first kappa shape index (κ1) is 13.8. The molecule has 0 unspecified atom stereocenters. The Hall–Kier alpha value is -2.14. The number of rotatable bonds is 2. The predicted molar refractivity (Wildman–Crippen MR) is 82.0 cm³/mol. The SMILES string of the molecule is CN1CCCN(C(=O)c2cc(-c3ccccc3)n[nH]2)CC1. The van der Waals surface area contributed by atoms with E-state index in [1.54, 1.807) is 0 Å². The summed E-state index contributed by atoms with van der Waals surface area (Å²) in [4.78, 5) is 16.7. The predicted octanol–water partition coefficient (Wildman–Crippen LogP) is 1.85. The molecule has 1 N–H and O–H groups in total. The number of amides is 1. The Morgan fingerprint density at radius 3 is 2.76 bits per heavy atom. The Labute approximate surface area is 124 Å². The summed E-state index contributed by atoms with van der Waals surface area (Å²) >= 11 is 0. The van der Waals surface area contributed by atoms with Gasteiger partial charge in [-0.1, -0.05) is 30.3 Å². The number of nitrogens with zero attached hydrogens (tertiary/aromatic N) is 3. The summed E-state index contributed by atoms with van der Waals surface area (Å²) in [6.45, 7) is 3.55. The molecule has 2 aromatic rings. The van der Waals surface area contributed by atoms with E-state index in [0.717, 1.165) is 43.9 Å². The normalized spacial score (nSPS) is 16.7.